The first-order chi connectivity index (χ1) is 18.1. The SMILES string of the molecule is C[C@@]12[Se][C@@]3(C)[C@]4(C)C(=O)N(c5ccccc5)C(=O)[C@]4(C)[C@@]3(C)[C@]1(C)[C@@]1(C)C(=O)N(c3ccccc3)C(=O)[C@@]21C. The fourth-order valence-electron chi connectivity index (χ4n) is 10.9. The van der Waals surface area contributed by atoms with E-state index < -0.39 is 41.1 Å². The average Bonchev–Trinajstić information content (AvgIpc) is 3.24. The van der Waals surface area contributed by atoms with Crippen molar-refractivity contribution < 1.29 is 19.2 Å². The molecule has 6 nitrogen and oxygen atoms in total. The number of hydrogen-bond donors (Lipinski definition) is 0. The van der Waals surface area contributed by atoms with Crippen molar-refractivity contribution in [3.63, 3.8) is 0 Å². The molecule has 8 atom stereocenters. The monoisotopic (exact) mass is 590 g/mol. The molecule has 7 heteroatoms. The van der Waals surface area contributed by atoms with Gasteiger partial charge in [0.05, 0.1) is 0 Å². The van der Waals surface area contributed by atoms with Crippen molar-refractivity contribution in [1.29, 1.82) is 0 Å². The number of para-hydroxylation sites is 2. The van der Waals surface area contributed by atoms with Crippen LogP contribution in [0.15, 0.2) is 60.7 Å². The van der Waals surface area contributed by atoms with Gasteiger partial charge < -0.3 is 0 Å². The van der Waals surface area contributed by atoms with Gasteiger partial charge in [0.25, 0.3) is 0 Å². The summed E-state index contributed by atoms with van der Waals surface area (Å²) in [5.74, 6) is -0.728. The molecule has 0 spiro atoms. The van der Waals surface area contributed by atoms with E-state index in [0.29, 0.717) is 11.4 Å². The molecule has 0 aromatic heterocycles. The van der Waals surface area contributed by atoms with Crippen LogP contribution in [0.5, 0.6) is 0 Å². The normalized spacial score (nSPS) is 49.3. The van der Waals surface area contributed by atoms with Crippen LogP contribution < -0.4 is 9.80 Å². The summed E-state index contributed by atoms with van der Waals surface area (Å²) in [7, 11) is 0. The van der Waals surface area contributed by atoms with Gasteiger partial charge in [0, 0.05) is 0 Å². The molecule has 7 rings (SSSR count). The van der Waals surface area contributed by atoms with Crippen LogP contribution in [-0.4, -0.2) is 38.6 Å². The Balaban J connectivity index is 1.46. The Kier molecular flexibility index (Phi) is 4.15. The van der Waals surface area contributed by atoms with Crippen LogP contribution in [-0.2, 0) is 19.2 Å². The number of amides is 4. The number of nitrogens with zero attached hydrogens (tertiary/aromatic N) is 2. The van der Waals surface area contributed by atoms with Gasteiger partial charge in [-0.3, -0.25) is 0 Å². The Morgan fingerprint density at radius 2 is 0.744 bits per heavy atom. The number of anilines is 2. The topological polar surface area (TPSA) is 74.8 Å². The second-order valence-electron chi connectivity index (χ2n) is 13.5. The van der Waals surface area contributed by atoms with E-state index in [0.717, 1.165) is 0 Å². The summed E-state index contributed by atoms with van der Waals surface area (Å²) in [4.78, 5) is 60.7. The predicted octanol–water partition coefficient (Wildman–Crippen LogP) is 5.27. The van der Waals surface area contributed by atoms with Crippen LogP contribution in [0.2, 0.25) is 8.63 Å². The van der Waals surface area contributed by atoms with Gasteiger partial charge in [-0.05, 0) is 0 Å². The first-order valence-electron chi connectivity index (χ1n) is 13.6. The molecule has 2 aliphatic carbocycles. The fourth-order valence-corrected chi connectivity index (χ4v) is 17.3. The van der Waals surface area contributed by atoms with Gasteiger partial charge in [-0.2, -0.15) is 0 Å². The summed E-state index contributed by atoms with van der Waals surface area (Å²) in [5, 5.41) is 0. The molecule has 2 aromatic rings. The van der Waals surface area contributed by atoms with E-state index in [1.807, 2.05) is 88.4 Å². The number of fused-ring (bicyclic) bond motifs is 9. The number of carbonyl (C=O) groups is 4. The summed E-state index contributed by atoms with van der Waals surface area (Å²) in [6.45, 7) is 16.5. The van der Waals surface area contributed by atoms with Gasteiger partial charge in [0.1, 0.15) is 0 Å². The molecule has 0 unspecified atom stereocenters. The molecular formula is C32H34N2O4Se. The molecule has 39 heavy (non-hydrogen) atoms. The Hall–Kier alpha value is -2.76. The molecule has 2 saturated carbocycles. The summed E-state index contributed by atoms with van der Waals surface area (Å²) in [6.07, 6.45) is 0. The fraction of sp³-hybridized carbons (Fsp3) is 0.500. The Bertz CT molecular complexity index is 1450. The molecule has 0 bridgehead atoms. The first-order valence-corrected chi connectivity index (χ1v) is 15.4. The Morgan fingerprint density at radius 1 is 0.462 bits per heavy atom. The number of rotatable bonds is 2. The van der Waals surface area contributed by atoms with E-state index in [4.69, 9.17) is 0 Å². The third-order valence-electron chi connectivity index (χ3n) is 13.8. The van der Waals surface area contributed by atoms with Gasteiger partial charge in [-0.25, -0.2) is 0 Å². The molecule has 0 radical (unpaired) electrons. The molecule has 2 aromatic carbocycles. The van der Waals surface area contributed by atoms with Crippen molar-refractivity contribution in [2.45, 2.75) is 64.0 Å². The molecular weight excluding hydrogens is 555 g/mol. The Morgan fingerprint density at radius 3 is 1.05 bits per heavy atom. The number of hydrogen-bond acceptors (Lipinski definition) is 4. The standard InChI is InChI=1S/C32H34N2O4Se/c1-25-21(35)33(19-15-11-9-12-16-19)23(37)27(25,3)31(7)29(25,5)30(6)26(2)22(36)34(20-17-13-10-14-18-20)24(38)28(26,4)32(30,8)39-31/h9-18H,1-8H3/t25-,26-,27+,28+,29-,30-,31-,32-/m0/s1. The zero-order chi connectivity index (χ0) is 28.4. The molecule has 4 amide bonds. The van der Waals surface area contributed by atoms with Crippen LogP contribution in [0, 0.1) is 32.5 Å². The van der Waals surface area contributed by atoms with E-state index in [2.05, 4.69) is 27.7 Å². The van der Waals surface area contributed by atoms with E-state index >= 15 is 0 Å². The average molecular weight is 590 g/mol. The minimum absolute atomic E-state index is 0.166. The van der Waals surface area contributed by atoms with Crippen molar-refractivity contribution in [1.82, 2.24) is 0 Å². The second-order valence-corrected chi connectivity index (χ2v) is 17.3. The third-order valence-corrected chi connectivity index (χ3v) is 18.9. The molecule has 3 saturated heterocycles. The van der Waals surface area contributed by atoms with Crippen LogP contribution in [0.3, 0.4) is 0 Å². The van der Waals surface area contributed by atoms with E-state index in [-0.39, 0.29) is 38.6 Å². The summed E-state index contributed by atoms with van der Waals surface area (Å²) < 4.78 is -1.09. The number of imide groups is 2. The van der Waals surface area contributed by atoms with Gasteiger partial charge >= 0.3 is 236 Å². The van der Waals surface area contributed by atoms with Crippen molar-refractivity contribution in [2.24, 2.45) is 32.5 Å². The third kappa shape index (κ3) is 1.77. The van der Waals surface area contributed by atoms with Crippen LogP contribution in [0.4, 0.5) is 11.4 Å². The van der Waals surface area contributed by atoms with Crippen molar-refractivity contribution in [3.05, 3.63) is 60.7 Å². The molecule has 3 heterocycles. The first kappa shape index (κ1) is 25.2. The van der Waals surface area contributed by atoms with Crippen LogP contribution in [0.25, 0.3) is 0 Å². The molecule has 0 N–H and O–H groups in total. The molecule has 5 fully saturated rings. The second kappa shape index (κ2) is 6.42. The minimum atomic E-state index is -1.04. The van der Waals surface area contributed by atoms with Crippen molar-refractivity contribution in [2.75, 3.05) is 9.80 Å². The molecule has 202 valence electrons. The van der Waals surface area contributed by atoms with E-state index in [1.54, 1.807) is 0 Å². The van der Waals surface area contributed by atoms with E-state index in [1.165, 1.54) is 9.80 Å². The van der Waals surface area contributed by atoms with Crippen molar-refractivity contribution >= 4 is 50.0 Å². The van der Waals surface area contributed by atoms with Crippen LogP contribution >= 0.6 is 0 Å². The maximum atomic E-state index is 14.6. The van der Waals surface area contributed by atoms with Gasteiger partial charge in [0.15, 0.2) is 0 Å². The van der Waals surface area contributed by atoms with E-state index in [9.17, 15) is 19.2 Å². The van der Waals surface area contributed by atoms with Gasteiger partial charge in [-0.1, -0.05) is 0 Å². The maximum absolute atomic E-state index is 14.6. The molecule has 5 aliphatic rings. The van der Waals surface area contributed by atoms with Crippen molar-refractivity contribution in [3.8, 4) is 0 Å². The number of benzene rings is 2. The zero-order valence-corrected chi connectivity index (χ0v) is 25.4. The summed E-state index contributed by atoms with van der Waals surface area (Å²) in [5.41, 5.74) is -4.21. The summed E-state index contributed by atoms with van der Waals surface area (Å²) in [6, 6.07) is 18.3. The molecule has 3 aliphatic heterocycles. The Labute approximate surface area is 235 Å². The van der Waals surface area contributed by atoms with Gasteiger partial charge in [-0.15, -0.1) is 0 Å². The predicted molar refractivity (Wildman–Crippen MR) is 149 cm³/mol. The number of carbonyl (C=O) groups excluding carboxylic acids is 4. The summed E-state index contributed by atoms with van der Waals surface area (Å²) >= 11 is -0.239. The van der Waals surface area contributed by atoms with Gasteiger partial charge in [0.2, 0.25) is 0 Å². The quantitative estimate of drug-likeness (QED) is 0.353. The zero-order valence-electron chi connectivity index (χ0n) is 23.7. The van der Waals surface area contributed by atoms with Crippen LogP contribution in [0.1, 0.15) is 55.4 Å².